The summed E-state index contributed by atoms with van der Waals surface area (Å²) < 4.78 is 12.8. The minimum Gasteiger partial charge on any atom is -0.390 e. The van der Waals surface area contributed by atoms with Gasteiger partial charge in [0.2, 0.25) is 0 Å². The minimum absolute atomic E-state index is 0.354. The molecule has 2 aliphatic carbocycles. The van der Waals surface area contributed by atoms with Crippen molar-refractivity contribution in [2.24, 2.45) is 0 Å². The van der Waals surface area contributed by atoms with Gasteiger partial charge in [0.05, 0.1) is 12.2 Å². The monoisotopic (exact) mass is 412 g/mol. The Bertz CT molecular complexity index is 263. The zero-order valence-corrected chi connectivity index (χ0v) is 16.2. The molecule has 0 spiro atoms. The third kappa shape index (κ3) is 5.10. The predicted molar refractivity (Wildman–Crippen MR) is 89.6 cm³/mol. The Kier molecular flexibility index (Phi) is 6.40. The molecule has 0 saturated heterocycles. The van der Waals surface area contributed by atoms with Gasteiger partial charge in [0.25, 0.3) is 0 Å². The molecule has 2 nitrogen and oxygen atoms in total. The van der Waals surface area contributed by atoms with Gasteiger partial charge in [-0.25, -0.2) is 0 Å². The highest BCUT2D eigenvalue weighted by Gasteiger charge is 2.37. The van der Waals surface area contributed by atoms with E-state index in [1.54, 1.807) is 0 Å². The van der Waals surface area contributed by atoms with Gasteiger partial charge in [0.15, 0.2) is 0 Å². The molecule has 0 aromatic rings. The van der Waals surface area contributed by atoms with Gasteiger partial charge < -0.3 is 8.85 Å². The second-order valence-corrected chi connectivity index (χ2v) is 11.9. The van der Waals surface area contributed by atoms with Crippen molar-refractivity contribution in [2.75, 3.05) is 0 Å². The van der Waals surface area contributed by atoms with Crippen molar-refractivity contribution in [1.29, 1.82) is 0 Å². The molecule has 4 atom stereocenters. The Morgan fingerprint density at radius 1 is 0.737 bits per heavy atom. The quantitative estimate of drug-likeness (QED) is 0.469. The minimum atomic E-state index is -2.02. The predicted octanol–water partition coefficient (Wildman–Crippen LogP) is 5.13. The summed E-state index contributed by atoms with van der Waals surface area (Å²) in [6.07, 6.45) is 10.8. The number of hydrogen-bond acceptors (Lipinski definition) is 2. The molecular weight excluding hydrogens is 388 g/mol. The standard InChI is InChI=1S/C14H26Br2O2Si/c1-19(2,17-13-9-5-3-7-11(13)15)18-14-10-6-4-8-12(14)16/h11-14H,3-10H2,1-2H3. The normalized spacial score (nSPS) is 37.3. The fraction of sp³-hybridized carbons (Fsp3) is 1.00. The van der Waals surface area contributed by atoms with Crippen LogP contribution < -0.4 is 0 Å². The van der Waals surface area contributed by atoms with E-state index in [4.69, 9.17) is 8.85 Å². The zero-order chi connectivity index (χ0) is 13.9. The number of hydrogen-bond donors (Lipinski definition) is 0. The van der Waals surface area contributed by atoms with E-state index in [0.717, 1.165) is 0 Å². The molecule has 0 N–H and O–H groups in total. The smallest absolute Gasteiger partial charge is 0.332 e. The Morgan fingerprint density at radius 2 is 1.11 bits per heavy atom. The lowest BCUT2D eigenvalue weighted by atomic mass is 9.98. The summed E-state index contributed by atoms with van der Waals surface area (Å²) in [6, 6.07) is 0. The molecule has 4 unspecified atom stereocenters. The van der Waals surface area contributed by atoms with Crippen LogP contribution in [-0.4, -0.2) is 30.4 Å². The molecule has 0 aliphatic heterocycles. The fourth-order valence-electron chi connectivity index (χ4n) is 3.13. The highest BCUT2D eigenvalue weighted by Crippen LogP contribution is 2.32. The number of halogens is 2. The van der Waals surface area contributed by atoms with Crippen molar-refractivity contribution in [2.45, 2.75) is 86.3 Å². The van der Waals surface area contributed by atoms with Gasteiger partial charge in [-0.3, -0.25) is 0 Å². The van der Waals surface area contributed by atoms with Crippen molar-refractivity contribution in [3.63, 3.8) is 0 Å². The van der Waals surface area contributed by atoms with E-state index in [2.05, 4.69) is 45.0 Å². The Morgan fingerprint density at radius 3 is 1.47 bits per heavy atom. The van der Waals surface area contributed by atoms with E-state index >= 15 is 0 Å². The van der Waals surface area contributed by atoms with Crippen LogP contribution in [0.4, 0.5) is 0 Å². The third-order valence-corrected chi connectivity index (χ3v) is 7.95. The molecule has 0 bridgehead atoms. The summed E-state index contributed by atoms with van der Waals surface area (Å²) in [7, 11) is -2.02. The molecule has 0 radical (unpaired) electrons. The van der Waals surface area contributed by atoms with Crippen LogP contribution >= 0.6 is 31.9 Å². The highest BCUT2D eigenvalue weighted by atomic mass is 79.9. The van der Waals surface area contributed by atoms with E-state index in [-0.39, 0.29) is 0 Å². The summed E-state index contributed by atoms with van der Waals surface area (Å²) >= 11 is 7.55. The van der Waals surface area contributed by atoms with Crippen LogP contribution in [0.5, 0.6) is 0 Å². The zero-order valence-electron chi connectivity index (χ0n) is 12.0. The second-order valence-electron chi connectivity index (χ2n) is 6.31. The van der Waals surface area contributed by atoms with Gasteiger partial charge in [-0.1, -0.05) is 57.5 Å². The summed E-state index contributed by atoms with van der Waals surface area (Å²) in [5.41, 5.74) is 0. The lowest BCUT2D eigenvalue weighted by Gasteiger charge is -2.38. The molecular formula is C14H26Br2O2Si. The van der Waals surface area contributed by atoms with Gasteiger partial charge in [0.1, 0.15) is 0 Å². The summed E-state index contributed by atoms with van der Waals surface area (Å²) in [4.78, 5) is 1.03. The van der Waals surface area contributed by atoms with E-state index in [1.165, 1.54) is 51.4 Å². The highest BCUT2D eigenvalue weighted by molar-refractivity contribution is 9.09. The molecule has 2 aliphatic rings. The van der Waals surface area contributed by atoms with Gasteiger partial charge >= 0.3 is 8.56 Å². The van der Waals surface area contributed by atoms with Gasteiger partial charge in [-0.2, -0.15) is 0 Å². The summed E-state index contributed by atoms with van der Waals surface area (Å²) in [5.74, 6) is 0. The second kappa shape index (κ2) is 7.39. The van der Waals surface area contributed by atoms with Gasteiger partial charge in [-0.15, -0.1) is 0 Å². The van der Waals surface area contributed by atoms with Crippen LogP contribution in [0, 0.1) is 0 Å². The largest absolute Gasteiger partial charge is 0.390 e. The van der Waals surface area contributed by atoms with Crippen LogP contribution in [0.25, 0.3) is 0 Å². The summed E-state index contributed by atoms with van der Waals surface area (Å²) in [6.45, 7) is 4.41. The molecule has 2 fully saturated rings. The van der Waals surface area contributed by atoms with Crippen LogP contribution in [0.2, 0.25) is 13.1 Å². The Balaban J connectivity index is 1.86. The topological polar surface area (TPSA) is 18.5 Å². The summed E-state index contributed by atoms with van der Waals surface area (Å²) in [5, 5.41) is 0. The van der Waals surface area contributed by atoms with Gasteiger partial charge in [0, 0.05) is 9.65 Å². The maximum absolute atomic E-state index is 6.39. The maximum Gasteiger partial charge on any atom is 0.332 e. The number of rotatable bonds is 4. The van der Waals surface area contributed by atoms with E-state index < -0.39 is 8.56 Å². The number of alkyl halides is 2. The van der Waals surface area contributed by atoms with Crippen LogP contribution in [0.3, 0.4) is 0 Å². The maximum atomic E-state index is 6.39. The lowest BCUT2D eigenvalue weighted by molar-refractivity contribution is 0.0605. The molecule has 0 heterocycles. The molecule has 5 heteroatoms. The molecule has 2 rings (SSSR count). The van der Waals surface area contributed by atoms with Crippen molar-refractivity contribution >= 4 is 40.4 Å². The van der Waals surface area contributed by atoms with Crippen molar-refractivity contribution in [3.8, 4) is 0 Å². The first-order valence-electron chi connectivity index (χ1n) is 7.62. The Hall–Kier alpha value is 1.10. The average molecular weight is 414 g/mol. The SMILES string of the molecule is C[Si](C)(OC1CCCCC1Br)OC1CCCCC1Br. The Labute approximate surface area is 135 Å². The van der Waals surface area contributed by atoms with Crippen molar-refractivity contribution in [3.05, 3.63) is 0 Å². The van der Waals surface area contributed by atoms with E-state index in [1.807, 2.05) is 0 Å². The van der Waals surface area contributed by atoms with Gasteiger partial charge in [-0.05, 0) is 38.8 Å². The fourth-order valence-corrected chi connectivity index (χ4v) is 6.99. The third-order valence-electron chi connectivity index (χ3n) is 4.11. The molecule has 0 amide bonds. The van der Waals surface area contributed by atoms with E-state index in [0.29, 0.717) is 21.9 Å². The molecule has 0 aromatic carbocycles. The molecule has 112 valence electrons. The van der Waals surface area contributed by atoms with Crippen LogP contribution in [-0.2, 0) is 8.85 Å². The molecule has 2 saturated carbocycles. The van der Waals surface area contributed by atoms with Crippen LogP contribution in [0.15, 0.2) is 0 Å². The van der Waals surface area contributed by atoms with Crippen molar-refractivity contribution < 1.29 is 8.85 Å². The first-order chi connectivity index (χ1) is 8.98. The first kappa shape index (κ1) is 16.5. The first-order valence-corrected chi connectivity index (χ1v) is 12.3. The molecule has 0 aromatic heterocycles. The molecule has 19 heavy (non-hydrogen) atoms. The van der Waals surface area contributed by atoms with Crippen molar-refractivity contribution in [1.82, 2.24) is 0 Å². The lowest BCUT2D eigenvalue weighted by Crippen LogP contribution is -2.47. The van der Waals surface area contributed by atoms with E-state index in [9.17, 15) is 0 Å². The average Bonchev–Trinajstić information content (AvgIpc) is 2.35. The van der Waals surface area contributed by atoms with Crippen LogP contribution in [0.1, 0.15) is 51.4 Å².